The van der Waals surface area contributed by atoms with Crippen LogP contribution in [0.3, 0.4) is 0 Å². The van der Waals surface area contributed by atoms with Crippen molar-refractivity contribution in [3.8, 4) is 0 Å². The molecule has 1 saturated heterocycles. The number of piperidine rings is 1. The lowest BCUT2D eigenvalue weighted by Crippen LogP contribution is -2.37. The number of hydrogen-bond acceptors (Lipinski definition) is 3. The van der Waals surface area contributed by atoms with Crippen molar-refractivity contribution < 1.29 is 13.2 Å². The Morgan fingerprint density at radius 1 is 1.16 bits per heavy atom. The minimum absolute atomic E-state index is 0.0304. The average molecular weight is 273 g/mol. The fourth-order valence-electron chi connectivity index (χ4n) is 2.54. The van der Waals surface area contributed by atoms with E-state index >= 15 is 0 Å². The Balaban J connectivity index is 2.16. The fraction of sp³-hybridized carbons (Fsp3) is 0.692. The van der Waals surface area contributed by atoms with Crippen LogP contribution in [0.25, 0.3) is 0 Å². The zero-order chi connectivity index (χ0) is 14.0. The zero-order valence-corrected chi connectivity index (χ0v) is 11.1. The third kappa shape index (κ3) is 3.16. The molecule has 0 saturated carbocycles. The minimum atomic E-state index is -4.45. The summed E-state index contributed by atoms with van der Waals surface area (Å²) in [6.07, 6.45) is -0.220. The Kier molecular flexibility index (Phi) is 3.96. The van der Waals surface area contributed by atoms with Crippen LogP contribution in [0.5, 0.6) is 0 Å². The van der Waals surface area contributed by atoms with Crippen LogP contribution >= 0.6 is 0 Å². The first-order chi connectivity index (χ1) is 8.89. The van der Waals surface area contributed by atoms with E-state index in [0.717, 1.165) is 19.0 Å². The third-order valence-corrected chi connectivity index (χ3v) is 3.73. The van der Waals surface area contributed by atoms with Gasteiger partial charge in [0.25, 0.3) is 0 Å². The van der Waals surface area contributed by atoms with Crippen LogP contribution in [-0.2, 0) is 6.18 Å². The standard InChI is InChI=1S/C13H18F3N3/c1-9(2)10-3-7-19(8-4-10)12-11(13(14,15)16)17-5-6-18-12/h5-6,9-10H,3-4,7-8H2,1-2H3. The Labute approximate surface area is 110 Å². The van der Waals surface area contributed by atoms with E-state index in [4.69, 9.17) is 0 Å². The Hall–Kier alpha value is -1.33. The van der Waals surface area contributed by atoms with Gasteiger partial charge in [0.2, 0.25) is 0 Å². The molecule has 3 nitrogen and oxygen atoms in total. The Bertz CT molecular complexity index is 423. The van der Waals surface area contributed by atoms with E-state index in [1.165, 1.54) is 6.20 Å². The molecule has 0 aromatic carbocycles. The molecule has 0 atom stereocenters. The van der Waals surface area contributed by atoms with Gasteiger partial charge in [0.15, 0.2) is 11.5 Å². The normalized spacial score (nSPS) is 18.1. The van der Waals surface area contributed by atoms with Crippen molar-refractivity contribution in [2.24, 2.45) is 11.8 Å². The average Bonchev–Trinajstić information content (AvgIpc) is 2.38. The molecular weight excluding hydrogens is 255 g/mol. The van der Waals surface area contributed by atoms with Crippen LogP contribution < -0.4 is 4.90 Å². The predicted molar refractivity (Wildman–Crippen MR) is 66.8 cm³/mol. The summed E-state index contributed by atoms with van der Waals surface area (Å²) >= 11 is 0. The number of alkyl halides is 3. The first-order valence-corrected chi connectivity index (χ1v) is 6.52. The van der Waals surface area contributed by atoms with Gasteiger partial charge < -0.3 is 4.90 Å². The highest BCUT2D eigenvalue weighted by molar-refractivity contribution is 5.44. The molecule has 2 rings (SSSR count). The summed E-state index contributed by atoms with van der Waals surface area (Å²) in [5, 5.41) is 0. The summed E-state index contributed by atoms with van der Waals surface area (Å²) in [4.78, 5) is 9.04. The highest BCUT2D eigenvalue weighted by Crippen LogP contribution is 2.35. The molecule has 1 aliphatic rings. The zero-order valence-electron chi connectivity index (χ0n) is 11.1. The van der Waals surface area contributed by atoms with Gasteiger partial charge in [0.05, 0.1) is 0 Å². The summed E-state index contributed by atoms with van der Waals surface area (Å²) in [5.74, 6) is 1.13. The monoisotopic (exact) mass is 273 g/mol. The second kappa shape index (κ2) is 5.35. The van der Waals surface area contributed by atoms with Gasteiger partial charge in [-0.3, -0.25) is 0 Å². The van der Waals surface area contributed by atoms with Crippen LogP contribution in [0.2, 0.25) is 0 Å². The largest absolute Gasteiger partial charge is 0.437 e. The molecule has 0 aliphatic carbocycles. The molecule has 1 aromatic rings. The molecule has 0 N–H and O–H groups in total. The van der Waals surface area contributed by atoms with Crippen molar-refractivity contribution in [3.63, 3.8) is 0 Å². The van der Waals surface area contributed by atoms with Gasteiger partial charge in [0.1, 0.15) is 0 Å². The molecule has 0 amide bonds. The van der Waals surface area contributed by atoms with Gasteiger partial charge in [-0.2, -0.15) is 13.2 Å². The summed E-state index contributed by atoms with van der Waals surface area (Å²) in [7, 11) is 0. The Morgan fingerprint density at radius 2 is 1.74 bits per heavy atom. The highest BCUT2D eigenvalue weighted by Gasteiger charge is 2.38. The molecule has 6 heteroatoms. The third-order valence-electron chi connectivity index (χ3n) is 3.73. The first-order valence-electron chi connectivity index (χ1n) is 6.52. The summed E-state index contributed by atoms with van der Waals surface area (Å²) in [5.41, 5.74) is -0.877. The van der Waals surface area contributed by atoms with Crippen molar-refractivity contribution in [2.75, 3.05) is 18.0 Å². The lowest BCUT2D eigenvalue weighted by Gasteiger charge is -2.35. The molecule has 0 unspecified atom stereocenters. The number of anilines is 1. The van der Waals surface area contributed by atoms with E-state index in [1.807, 2.05) is 0 Å². The van der Waals surface area contributed by atoms with Gasteiger partial charge in [-0.05, 0) is 24.7 Å². The quantitative estimate of drug-likeness (QED) is 0.827. The molecule has 0 bridgehead atoms. The topological polar surface area (TPSA) is 29.0 Å². The number of halogens is 3. The Morgan fingerprint density at radius 3 is 2.26 bits per heavy atom. The maximum atomic E-state index is 12.9. The van der Waals surface area contributed by atoms with Crippen molar-refractivity contribution >= 4 is 5.82 Å². The van der Waals surface area contributed by atoms with Crippen molar-refractivity contribution in [1.29, 1.82) is 0 Å². The van der Waals surface area contributed by atoms with Crippen molar-refractivity contribution in [2.45, 2.75) is 32.9 Å². The van der Waals surface area contributed by atoms with E-state index in [9.17, 15) is 13.2 Å². The van der Waals surface area contributed by atoms with Crippen LogP contribution in [0.4, 0.5) is 19.0 Å². The predicted octanol–water partition coefficient (Wildman–Crippen LogP) is 3.37. The minimum Gasteiger partial charge on any atom is -0.355 e. The molecule has 0 spiro atoms. The molecule has 0 radical (unpaired) electrons. The molecule has 1 fully saturated rings. The van der Waals surface area contributed by atoms with E-state index in [0.29, 0.717) is 24.9 Å². The van der Waals surface area contributed by atoms with Gasteiger partial charge in [0, 0.05) is 25.5 Å². The van der Waals surface area contributed by atoms with E-state index in [-0.39, 0.29) is 5.82 Å². The number of nitrogens with zero attached hydrogens (tertiary/aromatic N) is 3. The van der Waals surface area contributed by atoms with Crippen molar-refractivity contribution in [3.05, 3.63) is 18.1 Å². The summed E-state index contributed by atoms with van der Waals surface area (Å²) < 4.78 is 38.6. The van der Waals surface area contributed by atoms with Crippen molar-refractivity contribution in [1.82, 2.24) is 9.97 Å². The van der Waals surface area contributed by atoms with Crippen LogP contribution in [0.1, 0.15) is 32.4 Å². The van der Waals surface area contributed by atoms with Crippen LogP contribution in [-0.4, -0.2) is 23.1 Å². The van der Waals surface area contributed by atoms with Gasteiger partial charge >= 0.3 is 6.18 Å². The first kappa shape index (κ1) is 14.1. The molecular formula is C13H18F3N3. The highest BCUT2D eigenvalue weighted by atomic mass is 19.4. The maximum Gasteiger partial charge on any atom is 0.437 e. The second-order valence-electron chi connectivity index (χ2n) is 5.29. The molecule has 106 valence electrons. The van der Waals surface area contributed by atoms with E-state index < -0.39 is 11.9 Å². The maximum absolute atomic E-state index is 12.9. The fourth-order valence-corrected chi connectivity index (χ4v) is 2.54. The van der Waals surface area contributed by atoms with E-state index in [2.05, 4.69) is 23.8 Å². The number of aromatic nitrogens is 2. The second-order valence-corrected chi connectivity index (χ2v) is 5.29. The number of hydrogen-bond donors (Lipinski definition) is 0. The SMILES string of the molecule is CC(C)C1CCN(c2nccnc2C(F)(F)F)CC1. The van der Waals surface area contributed by atoms with E-state index in [1.54, 1.807) is 4.90 Å². The lowest BCUT2D eigenvalue weighted by molar-refractivity contribution is -0.140. The number of rotatable bonds is 2. The summed E-state index contributed by atoms with van der Waals surface area (Å²) in [6.45, 7) is 5.54. The van der Waals surface area contributed by atoms with Gasteiger partial charge in [-0.1, -0.05) is 13.8 Å². The molecule has 1 aliphatic heterocycles. The molecule has 2 heterocycles. The lowest BCUT2D eigenvalue weighted by atomic mass is 9.87. The van der Waals surface area contributed by atoms with Gasteiger partial charge in [-0.25, -0.2) is 9.97 Å². The summed E-state index contributed by atoms with van der Waals surface area (Å²) in [6, 6.07) is 0. The van der Waals surface area contributed by atoms with Crippen LogP contribution in [0.15, 0.2) is 12.4 Å². The smallest absolute Gasteiger partial charge is 0.355 e. The van der Waals surface area contributed by atoms with Crippen LogP contribution in [0, 0.1) is 11.8 Å². The van der Waals surface area contributed by atoms with Gasteiger partial charge in [-0.15, -0.1) is 0 Å². The molecule has 1 aromatic heterocycles. The molecule has 19 heavy (non-hydrogen) atoms.